The average molecular weight is 288 g/mol. The van der Waals surface area contributed by atoms with Crippen LogP contribution in [0.1, 0.15) is 12.5 Å². The van der Waals surface area contributed by atoms with Crippen molar-refractivity contribution >= 4 is 27.3 Å². The van der Waals surface area contributed by atoms with Crippen molar-refractivity contribution in [2.24, 2.45) is 4.99 Å². The lowest BCUT2D eigenvalue weighted by Gasteiger charge is -2.04. The SMILES string of the molecule is CC(Cc1ccccc1Br)=Nc1ccccc1. The molecule has 0 heterocycles. The lowest BCUT2D eigenvalue weighted by atomic mass is 10.1. The minimum absolute atomic E-state index is 0.871. The van der Waals surface area contributed by atoms with E-state index < -0.39 is 0 Å². The van der Waals surface area contributed by atoms with E-state index in [9.17, 15) is 0 Å². The quantitative estimate of drug-likeness (QED) is 0.720. The Morgan fingerprint density at radius 3 is 2.35 bits per heavy atom. The van der Waals surface area contributed by atoms with E-state index in [-0.39, 0.29) is 0 Å². The van der Waals surface area contributed by atoms with Gasteiger partial charge in [-0.2, -0.15) is 0 Å². The maximum Gasteiger partial charge on any atom is 0.0629 e. The van der Waals surface area contributed by atoms with Gasteiger partial charge in [0.25, 0.3) is 0 Å². The van der Waals surface area contributed by atoms with Crippen LogP contribution in [0.25, 0.3) is 0 Å². The molecule has 2 aromatic rings. The Kier molecular flexibility index (Phi) is 4.10. The van der Waals surface area contributed by atoms with Crippen molar-refractivity contribution in [3.8, 4) is 0 Å². The second kappa shape index (κ2) is 5.78. The van der Waals surface area contributed by atoms with Gasteiger partial charge in [0.15, 0.2) is 0 Å². The normalized spacial score (nSPS) is 11.5. The van der Waals surface area contributed by atoms with Crippen LogP contribution in [0.15, 0.2) is 64.1 Å². The molecule has 17 heavy (non-hydrogen) atoms. The molecule has 2 aromatic carbocycles. The number of halogens is 1. The highest BCUT2D eigenvalue weighted by Crippen LogP contribution is 2.18. The van der Waals surface area contributed by atoms with Crippen molar-refractivity contribution in [3.05, 3.63) is 64.6 Å². The first-order valence-corrected chi connectivity index (χ1v) is 6.37. The van der Waals surface area contributed by atoms with Gasteiger partial charge in [-0.3, -0.25) is 4.99 Å². The Balaban J connectivity index is 2.15. The molecular weight excluding hydrogens is 274 g/mol. The Bertz CT molecular complexity index is 517. The van der Waals surface area contributed by atoms with Gasteiger partial charge in [0.2, 0.25) is 0 Å². The van der Waals surface area contributed by atoms with Crippen LogP contribution in [-0.4, -0.2) is 5.71 Å². The van der Waals surface area contributed by atoms with Crippen molar-refractivity contribution < 1.29 is 0 Å². The van der Waals surface area contributed by atoms with Crippen LogP contribution in [0.2, 0.25) is 0 Å². The maximum atomic E-state index is 4.59. The largest absolute Gasteiger partial charge is 0.258 e. The summed E-state index contributed by atoms with van der Waals surface area (Å²) in [7, 11) is 0. The molecule has 0 unspecified atom stereocenters. The molecule has 1 nitrogen and oxygen atoms in total. The number of aliphatic imine (C=N–C) groups is 1. The molecule has 86 valence electrons. The Hall–Kier alpha value is -1.41. The van der Waals surface area contributed by atoms with E-state index in [1.54, 1.807) is 0 Å². The van der Waals surface area contributed by atoms with Crippen LogP contribution in [-0.2, 0) is 6.42 Å². The molecule has 0 fully saturated rings. The number of hydrogen-bond acceptors (Lipinski definition) is 1. The Morgan fingerprint density at radius 1 is 1.00 bits per heavy atom. The smallest absolute Gasteiger partial charge is 0.0629 e. The first-order chi connectivity index (χ1) is 8.25. The fourth-order valence-electron chi connectivity index (χ4n) is 1.68. The molecule has 0 aliphatic rings. The molecule has 0 aliphatic carbocycles. The third-order valence-electron chi connectivity index (χ3n) is 2.48. The summed E-state index contributed by atoms with van der Waals surface area (Å²) in [5.74, 6) is 0. The topological polar surface area (TPSA) is 12.4 Å². The summed E-state index contributed by atoms with van der Waals surface area (Å²) in [4.78, 5) is 4.59. The Labute approximate surface area is 110 Å². The molecule has 0 aliphatic heterocycles. The van der Waals surface area contributed by atoms with E-state index in [0.717, 1.165) is 22.3 Å². The zero-order valence-corrected chi connectivity index (χ0v) is 11.3. The van der Waals surface area contributed by atoms with Crippen molar-refractivity contribution in [3.63, 3.8) is 0 Å². The van der Waals surface area contributed by atoms with E-state index in [4.69, 9.17) is 0 Å². The van der Waals surface area contributed by atoms with Gasteiger partial charge in [0.1, 0.15) is 0 Å². The molecule has 0 aromatic heterocycles. The summed E-state index contributed by atoms with van der Waals surface area (Å²) < 4.78 is 1.14. The predicted octanol–water partition coefficient (Wildman–Crippen LogP) is 4.78. The van der Waals surface area contributed by atoms with Crippen LogP contribution >= 0.6 is 15.9 Å². The maximum absolute atomic E-state index is 4.59. The minimum Gasteiger partial charge on any atom is -0.258 e. The number of para-hydroxylation sites is 1. The first-order valence-electron chi connectivity index (χ1n) is 5.58. The number of benzene rings is 2. The first kappa shape index (κ1) is 12.1. The number of nitrogens with zero attached hydrogens (tertiary/aromatic N) is 1. The standard InChI is InChI=1S/C15H14BrN/c1-12(17-14-8-3-2-4-9-14)11-13-7-5-6-10-15(13)16/h2-10H,11H2,1H3. The zero-order valence-electron chi connectivity index (χ0n) is 9.73. The molecular formula is C15H14BrN. The van der Waals surface area contributed by atoms with E-state index in [2.05, 4.69) is 46.0 Å². The summed E-state index contributed by atoms with van der Waals surface area (Å²) in [6, 6.07) is 18.3. The Morgan fingerprint density at radius 2 is 1.65 bits per heavy atom. The van der Waals surface area contributed by atoms with Crippen LogP contribution < -0.4 is 0 Å². The van der Waals surface area contributed by atoms with Crippen molar-refractivity contribution in [2.45, 2.75) is 13.3 Å². The highest BCUT2D eigenvalue weighted by atomic mass is 79.9. The van der Waals surface area contributed by atoms with Crippen molar-refractivity contribution in [1.82, 2.24) is 0 Å². The molecule has 2 rings (SSSR count). The molecule has 0 spiro atoms. The second-order valence-electron chi connectivity index (χ2n) is 3.95. The van der Waals surface area contributed by atoms with Crippen LogP contribution in [0, 0.1) is 0 Å². The molecule has 0 saturated carbocycles. The monoisotopic (exact) mass is 287 g/mol. The molecule has 0 radical (unpaired) electrons. The van der Waals surface area contributed by atoms with E-state index in [0.29, 0.717) is 0 Å². The van der Waals surface area contributed by atoms with Crippen molar-refractivity contribution in [2.75, 3.05) is 0 Å². The summed E-state index contributed by atoms with van der Waals surface area (Å²) in [6.07, 6.45) is 0.871. The highest BCUT2D eigenvalue weighted by Gasteiger charge is 2.00. The summed E-state index contributed by atoms with van der Waals surface area (Å²) in [5.41, 5.74) is 3.39. The molecule has 2 heteroatoms. The summed E-state index contributed by atoms with van der Waals surface area (Å²) in [6.45, 7) is 2.06. The highest BCUT2D eigenvalue weighted by molar-refractivity contribution is 9.10. The number of rotatable bonds is 3. The van der Waals surface area contributed by atoms with Gasteiger partial charge in [-0.15, -0.1) is 0 Å². The fourth-order valence-corrected chi connectivity index (χ4v) is 2.10. The van der Waals surface area contributed by atoms with Crippen LogP contribution in [0.3, 0.4) is 0 Å². The van der Waals surface area contributed by atoms with Crippen molar-refractivity contribution in [1.29, 1.82) is 0 Å². The molecule has 0 atom stereocenters. The third kappa shape index (κ3) is 3.53. The van der Waals surface area contributed by atoms with Crippen LogP contribution in [0.4, 0.5) is 5.69 Å². The second-order valence-corrected chi connectivity index (χ2v) is 4.81. The fraction of sp³-hybridized carbons (Fsp3) is 0.133. The van der Waals surface area contributed by atoms with E-state index >= 15 is 0 Å². The molecule has 0 amide bonds. The van der Waals surface area contributed by atoms with Gasteiger partial charge in [-0.1, -0.05) is 52.3 Å². The lowest BCUT2D eigenvalue weighted by Crippen LogP contribution is -1.97. The van der Waals surface area contributed by atoms with Gasteiger partial charge in [0, 0.05) is 16.6 Å². The predicted molar refractivity (Wildman–Crippen MR) is 77.1 cm³/mol. The van der Waals surface area contributed by atoms with Gasteiger partial charge in [-0.25, -0.2) is 0 Å². The average Bonchev–Trinajstić information content (AvgIpc) is 2.33. The van der Waals surface area contributed by atoms with Crippen LogP contribution in [0.5, 0.6) is 0 Å². The summed E-state index contributed by atoms with van der Waals surface area (Å²) in [5, 5.41) is 0. The molecule has 0 N–H and O–H groups in total. The summed E-state index contributed by atoms with van der Waals surface area (Å²) >= 11 is 3.56. The van der Waals surface area contributed by atoms with Gasteiger partial charge in [0.05, 0.1) is 5.69 Å². The number of hydrogen-bond donors (Lipinski definition) is 0. The van der Waals surface area contributed by atoms with E-state index in [1.807, 2.05) is 36.4 Å². The minimum atomic E-state index is 0.871. The van der Waals surface area contributed by atoms with Gasteiger partial charge in [-0.05, 0) is 30.7 Å². The van der Waals surface area contributed by atoms with Gasteiger partial charge < -0.3 is 0 Å². The van der Waals surface area contributed by atoms with E-state index in [1.165, 1.54) is 5.56 Å². The zero-order chi connectivity index (χ0) is 12.1. The lowest BCUT2D eigenvalue weighted by molar-refractivity contribution is 1.27. The third-order valence-corrected chi connectivity index (χ3v) is 3.25. The molecule has 0 bridgehead atoms. The van der Waals surface area contributed by atoms with Gasteiger partial charge >= 0.3 is 0 Å². The molecule has 0 saturated heterocycles.